The van der Waals surface area contributed by atoms with Gasteiger partial charge in [0.05, 0.1) is 19.4 Å². The number of rotatable bonds is 9. The second-order valence-electron chi connectivity index (χ2n) is 6.28. The largest absolute Gasteiger partial charge is 0.494 e. The minimum atomic E-state index is -0.254. The highest BCUT2D eigenvalue weighted by Crippen LogP contribution is 2.40. The van der Waals surface area contributed by atoms with Crippen molar-refractivity contribution in [3.63, 3.8) is 0 Å². The Hall–Kier alpha value is -2.28. The number of thioether (sulfide) groups is 1. The SMILES string of the molecule is Fc1ccc(OCCCSc2nnc(C3CC3)n2Cc2ccco2)cc1. The smallest absolute Gasteiger partial charge is 0.191 e. The molecule has 5 nitrogen and oxygen atoms in total. The van der Waals surface area contributed by atoms with Crippen LogP contribution in [0.1, 0.15) is 36.8 Å². The van der Waals surface area contributed by atoms with Gasteiger partial charge in [0.1, 0.15) is 23.2 Å². The zero-order chi connectivity index (χ0) is 17.8. The van der Waals surface area contributed by atoms with Gasteiger partial charge in [-0.2, -0.15) is 0 Å². The molecular weight excluding hydrogens is 353 g/mol. The van der Waals surface area contributed by atoms with Crippen molar-refractivity contribution in [3.8, 4) is 5.75 Å². The number of furan rings is 1. The van der Waals surface area contributed by atoms with Crippen LogP contribution in [0.5, 0.6) is 5.75 Å². The van der Waals surface area contributed by atoms with E-state index in [2.05, 4.69) is 14.8 Å². The highest BCUT2D eigenvalue weighted by Gasteiger charge is 2.30. The fraction of sp³-hybridized carbons (Fsp3) is 0.368. The molecule has 0 amide bonds. The van der Waals surface area contributed by atoms with Gasteiger partial charge in [0.25, 0.3) is 0 Å². The van der Waals surface area contributed by atoms with Crippen LogP contribution < -0.4 is 4.74 Å². The lowest BCUT2D eigenvalue weighted by atomic mass is 10.3. The Morgan fingerprint density at radius 2 is 2.04 bits per heavy atom. The summed E-state index contributed by atoms with van der Waals surface area (Å²) in [5.74, 6) is 3.82. The van der Waals surface area contributed by atoms with E-state index in [0.29, 0.717) is 24.8 Å². The molecule has 1 fully saturated rings. The minimum absolute atomic E-state index is 0.254. The summed E-state index contributed by atoms with van der Waals surface area (Å²) < 4.78 is 26.2. The van der Waals surface area contributed by atoms with E-state index < -0.39 is 0 Å². The molecule has 3 aromatic rings. The van der Waals surface area contributed by atoms with Gasteiger partial charge in [0, 0.05) is 11.7 Å². The third kappa shape index (κ3) is 4.27. The first-order chi connectivity index (χ1) is 12.8. The van der Waals surface area contributed by atoms with Gasteiger partial charge in [-0.15, -0.1) is 10.2 Å². The molecule has 0 spiro atoms. The van der Waals surface area contributed by atoms with Crippen LogP contribution in [0.3, 0.4) is 0 Å². The average Bonchev–Trinajstić information content (AvgIpc) is 3.21. The zero-order valence-electron chi connectivity index (χ0n) is 14.3. The van der Waals surface area contributed by atoms with E-state index in [4.69, 9.17) is 9.15 Å². The quantitative estimate of drug-likeness (QED) is 0.408. The van der Waals surface area contributed by atoms with E-state index in [0.717, 1.165) is 28.9 Å². The Labute approximate surface area is 155 Å². The minimum Gasteiger partial charge on any atom is -0.494 e. The molecule has 1 saturated carbocycles. The van der Waals surface area contributed by atoms with Gasteiger partial charge < -0.3 is 9.15 Å². The van der Waals surface area contributed by atoms with Gasteiger partial charge in [-0.3, -0.25) is 4.57 Å². The highest BCUT2D eigenvalue weighted by atomic mass is 32.2. The monoisotopic (exact) mass is 373 g/mol. The van der Waals surface area contributed by atoms with E-state index in [1.54, 1.807) is 30.2 Å². The summed E-state index contributed by atoms with van der Waals surface area (Å²) in [7, 11) is 0. The van der Waals surface area contributed by atoms with E-state index >= 15 is 0 Å². The van der Waals surface area contributed by atoms with Crippen LogP contribution in [0.4, 0.5) is 4.39 Å². The lowest BCUT2D eigenvalue weighted by molar-refractivity contribution is 0.318. The first-order valence-corrected chi connectivity index (χ1v) is 9.75. The lowest BCUT2D eigenvalue weighted by Crippen LogP contribution is -2.06. The molecule has 136 valence electrons. The molecule has 0 atom stereocenters. The molecule has 2 aromatic heterocycles. The predicted molar refractivity (Wildman–Crippen MR) is 97.0 cm³/mol. The van der Waals surface area contributed by atoms with E-state index in [1.807, 2.05) is 12.1 Å². The first kappa shape index (κ1) is 17.1. The van der Waals surface area contributed by atoms with Crippen molar-refractivity contribution in [2.24, 2.45) is 0 Å². The molecule has 0 unspecified atom stereocenters. The Morgan fingerprint density at radius 1 is 1.19 bits per heavy atom. The summed E-state index contributed by atoms with van der Waals surface area (Å²) >= 11 is 1.68. The molecular formula is C19H20FN3O2S. The molecule has 0 aliphatic heterocycles. The molecule has 0 saturated heterocycles. The van der Waals surface area contributed by atoms with Crippen molar-refractivity contribution >= 4 is 11.8 Å². The van der Waals surface area contributed by atoms with Crippen LogP contribution in [0.15, 0.2) is 52.2 Å². The molecule has 1 aliphatic rings. The Bertz CT molecular complexity index is 829. The van der Waals surface area contributed by atoms with Crippen LogP contribution in [-0.2, 0) is 6.54 Å². The van der Waals surface area contributed by atoms with Crippen LogP contribution >= 0.6 is 11.8 Å². The normalized spacial score (nSPS) is 13.9. The van der Waals surface area contributed by atoms with E-state index in [1.165, 1.54) is 25.0 Å². The highest BCUT2D eigenvalue weighted by molar-refractivity contribution is 7.99. The lowest BCUT2D eigenvalue weighted by Gasteiger charge is -2.09. The standard InChI is InChI=1S/C19H20FN3O2S/c20-15-6-8-16(9-7-15)24-11-2-12-26-19-22-21-18(14-4-5-14)23(19)13-17-3-1-10-25-17/h1,3,6-10,14H,2,4-5,11-13H2. The van der Waals surface area contributed by atoms with Gasteiger partial charge >= 0.3 is 0 Å². The Balaban J connectivity index is 1.30. The Kier molecular flexibility index (Phi) is 5.24. The number of ether oxygens (including phenoxy) is 1. The number of hydrogen-bond acceptors (Lipinski definition) is 5. The maximum atomic E-state index is 12.9. The topological polar surface area (TPSA) is 53.1 Å². The summed E-state index contributed by atoms with van der Waals surface area (Å²) in [6, 6.07) is 9.97. The number of halogens is 1. The van der Waals surface area contributed by atoms with Crippen molar-refractivity contribution in [1.82, 2.24) is 14.8 Å². The summed E-state index contributed by atoms with van der Waals surface area (Å²) in [5, 5.41) is 9.69. The number of benzene rings is 1. The van der Waals surface area contributed by atoms with Crippen molar-refractivity contribution < 1.29 is 13.5 Å². The average molecular weight is 373 g/mol. The molecule has 0 radical (unpaired) electrons. The van der Waals surface area contributed by atoms with Crippen LogP contribution in [0, 0.1) is 5.82 Å². The fourth-order valence-corrected chi connectivity index (χ4v) is 3.56. The summed E-state index contributed by atoms with van der Waals surface area (Å²) in [4.78, 5) is 0. The molecule has 2 heterocycles. The molecule has 26 heavy (non-hydrogen) atoms. The van der Waals surface area contributed by atoms with E-state index in [9.17, 15) is 4.39 Å². The van der Waals surface area contributed by atoms with Crippen molar-refractivity contribution in [1.29, 1.82) is 0 Å². The molecule has 0 bridgehead atoms. The summed E-state index contributed by atoms with van der Waals surface area (Å²) in [5.41, 5.74) is 0. The third-order valence-electron chi connectivity index (χ3n) is 4.18. The van der Waals surface area contributed by atoms with E-state index in [-0.39, 0.29) is 5.82 Å². The maximum absolute atomic E-state index is 12.9. The molecule has 1 aliphatic carbocycles. The van der Waals surface area contributed by atoms with Crippen LogP contribution in [0.2, 0.25) is 0 Å². The van der Waals surface area contributed by atoms with Crippen LogP contribution in [-0.4, -0.2) is 27.1 Å². The molecule has 4 rings (SSSR count). The number of hydrogen-bond donors (Lipinski definition) is 0. The second kappa shape index (κ2) is 7.95. The maximum Gasteiger partial charge on any atom is 0.191 e. The summed E-state index contributed by atoms with van der Waals surface area (Å²) in [6.07, 6.45) is 4.93. The fourth-order valence-electron chi connectivity index (χ4n) is 2.70. The van der Waals surface area contributed by atoms with Gasteiger partial charge in [-0.1, -0.05) is 11.8 Å². The summed E-state index contributed by atoms with van der Waals surface area (Å²) in [6.45, 7) is 1.25. The van der Waals surface area contributed by atoms with Gasteiger partial charge in [0.15, 0.2) is 5.16 Å². The van der Waals surface area contributed by atoms with Gasteiger partial charge in [-0.05, 0) is 55.7 Å². The van der Waals surface area contributed by atoms with Gasteiger partial charge in [0.2, 0.25) is 0 Å². The van der Waals surface area contributed by atoms with Gasteiger partial charge in [-0.25, -0.2) is 4.39 Å². The first-order valence-electron chi connectivity index (χ1n) is 8.76. The van der Waals surface area contributed by atoms with Crippen molar-refractivity contribution in [3.05, 3.63) is 60.1 Å². The molecule has 1 aromatic carbocycles. The number of aromatic nitrogens is 3. The van der Waals surface area contributed by atoms with Crippen LogP contribution in [0.25, 0.3) is 0 Å². The van der Waals surface area contributed by atoms with Crippen molar-refractivity contribution in [2.45, 2.75) is 36.9 Å². The predicted octanol–water partition coefficient (Wildman–Crippen LogP) is 4.50. The third-order valence-corrected chi connectivity index (χ3v) is 5.24. The number of nitrogens with zero attached hydrogens (tertiary/aromatic N) is 3. The zero-order valence-corrected chi connectivity index (χ0v) is 15.1. The molecule has 7 heteroatoms. The Morgan fingerprint density at radius 3 is 2.77 bits per heavy atom. The second-order valence-corrected chi connectivity index (χ2v) is 7.35. The van der Waals surface area contributed by atoms with Crippen molar-refractivity contribution in [2.75, 3.05) is 12.4 Å². The molecule has 0 N–H and O–H groups in total.